The number of carbonyl (C=O) groups is 2. The summed E-state index contributed by atoms with van der Waals surface area (Å²) in [5, 5.41) is 0. The number of hydrogen-bond donors (Lipinski definition) is 0. The fraction of sp³-hybridized carbons (Fsp3) is 0.667. The van der Waals surface area contributed by atoms with Crippen molar-refractivity contribution in [3.05, 3.63) is 12.3 Å². The summed E-state index contributed by atoms with van der Waals surface area (Å²) in [5.41, 5.74) is 0. The molecule has 0 amide bonds. The Morgan fingerprint density at radius 3 is 1.96 bits per heavy atom. The van der Waals surface area contributed by atoms with Gasteiger partial charge in [0, 0.05) is 12.3 Å². The highest BCUT2D eigenvalue weighted by Gasteiger charge is 2.25. The number of ether oxygens (including phenoxy) is 2. The summed E-state index contributed by atoms with van der Waals surface area (Å²) in [6.07, 6.45) is 11.5. The number of carbonyl (C=O) groups excluding carboxylic acids is 2. The molecule has 0 N–H and O–H groups in total. The quantitative estimate of drug-likeness (QED) is 0.786. The van der Waals surface area contributed by atoms with E-state index in [2.05, 4.69) is 9.97 Å². The Balaban J connectivity index is 1.57. The molecule has 2 fully saturated rings. The van der Waals surface area contributed by atoms with Gasteiger partial charge in [0.25, 0.3) is 0 Å². The van der Waals surface area contributed by atoms with Gasteiger partial charge in [-0.05, 0) is 25.7 Å². The van der Waals surface area contributed by atoms with Crippen LogP contribution in [0.25, 0.3) is 0 Å². The van der Waals surface area contributed by atoms with E-state index in [1.165, 1.54) is 25.1 Å². The Hall–Kier alpha value is -1.98. The van der Waals surface area contributed by atoms with Crippen molar-refractivity contribution in [2.75, 3.05) is 0 Å². The van der Waals surface area contributed by atoms with E-state index >= 15 is 0 Å². The monoisotopic (exact) mass is 332 g/mol. The average Bonchev–Trinajstić information content (AvgIpc) is 2.63. The lowest BCUT2D eigenvalue weighted by molar-refractivity contribution is -0.140. The summed E-state index contributed by atoms with van der Waals surface area (Å²) >= 11 is 0. The van der Waals surface area contributed by atoms with Crippen LogP contribution in [-0.2, 0) is 9.59 Å². The average molecular weight is 332 g/mol. The van der Waals surface area contributed by atoms with Crippen LogP contribution in [0.2, 0.25) is 0 Å². The van der Waals surface area contributed by atoms with E-state index in [4.69, 9.17) is 9.47 Å². The van der Waals surface area contributed by atoms with Crippen LogP contribution in [0.15, 0.2) is 12.3 Å². The molecule has 24 heavy (non-hydrogen) atoms. The summed E-state index contributed by atoms with van der Waals surface area (Å²) in [4.78, 5) is 32.3. The summed E-state index contributed by atoms with van der Waals surface area (Å²) in [7, 11) is 0. The number of hydrogen-bond acceptors (Lipinski definition) is 6. The van der Waals surface area contributed by atoms with Crippen molar-refractivity contribution < 1.29 is 19.1 Å². The normalized spacial score (nSPS) is 19.7. The van der Waals surface area contributed by atoms with E-state index in [0.717, 1.165) is 51.4 Å². The Labute approximate surface area is 142 Å². The minimum atomic E-state index is -0.287. The van der Waals surface area contributed by atoms with Gasteiger partial charge < -0.3 is 9.47 Å². The zero-order chi connectivity index (χ0) is 16.8. The van der Waals surface area contributed by atoms with Crippen molar-refractivity contribution in [3.8, 4) is 11.9 Å². The molecule has 0 spiro atoms. The van der Waals surface area contributed by atoms with Gasteiger partial charge in [-0.3, -0.25) is 9.59 Å². The maximum absolute atomic E-state index is 12.2. The van der Waals surface area contributed by atoms with E-state index in [1.54, 1.807) is 0 Å². The Morgan fingerprint density at radius 2 is 1.38 bits per heavy atom. The molecule has 0 atom stereocenters. The topological polar surface area (TPSA) is 78.4 Å². The van der Waals surface area contributed by atoms with Gasteiger partial charge in [0.1, 0.15) is 0 Å². The second kappa shape index (κ2) is 8.22. The second-order valence-corrected chi connectivity index (χ2v) is 6.69. The molecule has 2 aliphatic carbocycles. The van der Waals surface area contributed by atoms with Gasteiger partial charge in [-0.1, -0.05) is 38.5 Å². The molecule has 0 bridgehead atoms. The molecular weight excluding hydrogens is 308 g/mol. The molecule has 0 unspecified atom stereocenters. The molecule has 0 aromatic carbocycles. The highest BCUT2D eigenvalue weighted by atomic mass is 16.6. The van der Waals surface area contributed by atoms with Crippen molar-refractivity contribution in [1.29, 1.82) is 0 Å². The van der Waals surface area contributed by atoms with Gasteiger partial charge in [0.05, 0.1) is 11.8 Å². The van der Waals surface area contributed by atoms with Crippen LogP contribution in [0.4, 0.5) is 0 Å². The van der Waals surface area contributed by atoms with Crippen molar-refractivity contribution in [2.45, 2.75) is 64.2 Å². The number of aromatic nitrogens is 2. The number of rotatable bonds is 4. The maximum atomic E-state index is 12.2. The first-order chi connectivity index (χ1) is 11.7. The Morgan fingerprint density at radius 1 is 0.833 bits per heavy atom. The van der Waals surface area contributed by atoms with Crippen molar-refractivity contribution in [1.82, 2.24) is 9.97 Å². The van der Waals surface area contributed by atoms with Gasteiger partial charge in [-0.25, -0.2) is 4.98 Å². The summed E-state index contributed by atoms with van der Waals surface area (Å²) in [5.74, 6) is -0.520. The van der Waals surface area contributed by atoms with Crippen LogP contribution >= 0.6 is 0 Å². The largest absolute Gasteiger partial charge is 0.407 e. The zero-order valence-electron chi connectivity index (χ0n) is 13.9. The zero-order valence-corrected chi connectivity index (χ0v) is 13.9. The minimum Gasteiger partial charge on any atom is -0.407 e. The van der Waals surface area contributed by atoms with E-state index in [0.29, 0.717) is 0 Å². The summed E-state index contributed by atoms with van der Waals surface area (Å²) < 4.78 is 10.6. The molecule has 3 rings (SSSR count). The predicted octanol–water partition coefficient (Wildman–Crippen LogP) is 3.45. The van der Waals surface area contributed by atoms with Gasteiger partial charge in [0.15, 0.2) is 0 Å². The molecule has 6 heteroatoms. The minimum absolute atomic E-state index is 0.0421. The molecule has 1 aromatic rings. The van der Waals surface area contributed by atoms with Gasteiger partial charge in [0.2, 0.25) is 5.88 Å². The van der Waals surface area contributed by atoms with E-state index in [-0.39, 0.29) is 35.7 Å². The van der Waals surface area contributed by atoms with E-state index in [9.17, 15) is 9.59 Å². The molecule has 2 aliphatic rings. The molecule has 0 radical (unpaired) electrons. The molecule has 6 nitrogen and oxygen atoms in total. The lowest BCUT2D eigenvalue weighted by Crippen LogP contribution is -2.24. The van der Waals surface area contributed by atoms with Gasteiger partial charge in [-0.15, -0.1) is 0 Å². The summed E-state index contributed by atoms with van der Waals surface area (Å²) in [6.45, 7) is 0. The molecule has 0 aliphatic heterocycles. The lowest BCUT2D eigenvalue weighted by Gasteiger charge is -2.20. The van der Waals surface area contributed by atoms with Crippen molar-refractivity contribution >= 4 is 11.9 Å². The van der Waals surface area contributed by atoms with Crippen LogP contribution in [0, 0.1) is 11.8 Å². The fourth-order valence-electron chi connectivity index (χ4n) is 3.47. The third kappa shape index (κ3) is 4.52. The first-order valence-corrected chi connectivity index (χ1v) is 8.99. The number of nitrogens with zero attached hydrogens (tertiary/aromatic N) is 2. The molecule has 1 heterocycles. The molecule has 0 saturated heterocycles. The van der Waals surface area contributed by atoms with Gasteiger partial charge in [-0.2, -0.15) is 4.98 Å². The molecule has 130 valence electrons. The van der Waals surface area contributed by atoms with Crippen LogP contribution in [0.1, 0.15) is 64.2 Å². The van der Waals surface area contributed by atoms with Crippen LogP contribution in [0.5, 0.6) is 11.9 Å². The van der Waals surface area contributed by atoms with Crippen LogP contribution in [0.3, 0.4) is 0 Å². The van der Waals surface area contributed by atoms with E-state index in [1.807, 2.05) is 0 Å². The van der Waals surface area contributed by atoms with Crippen LogP contribution < -0.4 is 9.47 Å². The molecular formula is C18H24N2O4. The standard InChI is InChI=1S/C18H24N2O4/c21-16(13-7-3-1-4-8-13)23-15-11-12-19-18(20-15)24-17(22)14-9-5-2-6-10-14/h11-14H,1-10H2. The SMILES string of the molecule is O=C(Oc1ccnc(OC(=O)C2CCCCC2)n1)C1CCCCC1. The first kappa shape index (κ1) is 16.9. The third-order valence-electron chi connectivity index (χ3n) is 4.88. The molecule has 2 saturated carbocycles. The smallest absolute Gasteiger partial charge is 0.327 e. The van der Waals surface area contributed by atoms with Crippen molar-refractivity contribution in [2.24, 2.45) is 11.8 Å². The highest BCUT2D eigenvalue weighted by molar-refractivity contribution is 5.75. The number of esters is 2. The second-order valence-electron chi connectivity index (χ2n) is 6.69. The Kier molecular flexibility index (Phi) is 5.77. The highest BCUT2D eigenvalue weighted by Crippen LogP contribution is 2.26. The van der Waals surface area contributed by atoms with Crippen molar-refractivity contribution in [3.63, 3.8) is 0 Å². The first-order valence-electron chi connectivity index (χ1n) is 8.99. The fourth-order valence-corrected chi connectivity index (χ4v) is 3.47. The third-order valence-corrected chi connectivity index (χ3v) is 4.88. The van der Waals surface area contributed by atoms with Gasteiger partial charge >= 0.3 is 17.9 Å². The Bertz CT molecular complexity index is 531. The predicted molar refractivity (Wildman–Crippen MR) is 86.5 cm³/mol. The maximum Gasteiger partial charge on any atom is 0.327 e. The summed E-state index contributed by atoms with van der Waals surface area (Å²) in [6, 6.07) is 1.47. The van der Waals surface area contributed by atoms with Crippen LogP contribution in [-0.4, -0.2) is 21.9 Å². The van der Waals surface area contributed by atoms with E-state index < -0.39 is 0 Å². The lowest BCUT2D eigenvalue weighted by atomic mass is 9.89. The molecule has 1 aromatic heterocycles.